The van der Waals surface area contributed by atoms with Gasteiger partial charge in [-0.05, 0) is 17.8 Å². The molecule has 0 spiro atoms. The van der Waals surface area contributed by atoms with E-state index in [1.54, 1.807) is 0 Å². The fourth-order valence-corrected chi connectivity index (χ4v) is 2.11. The number of carbonyl (C=O) groups excluding carboxylic acids is 1. The van der Waals surface area contributed by atoms with Crippen LogP contribution in [0.3, 0.4) is 0 Å². The molecule has 1 rings (SSSR count). The minimum absolute atomic E-state index is 0.436. The molecule has 1 aromatic rings. The molecule has 0 atom stereocenters. The van der Waals surface area contributed by atoms with Crippen LogP contribution in [0.25, 0.3) is 0 Å². The second kappa shape index (κ2) is 5.79. The number of nitriles is 1. The second-order valence-electron chi connectivity index (χ2n) is 3.24. The number of nitro benzene ring substituents is 1. The molecular formula is C10H5F3N2O4S. The SMILES string of the molecule is COC(=O)c1c(C#N)ccc([N+](=O)[O-])c1SC(F)(F)F. The molecule has 20 heavy (non-hydrogen) atoms. The summed E-state index contributed by atoms with van der Waals surface area (Å²) in [5, 5.41) is 19.6. The first-order chi connectivity index (χ1) is 9.21. The lowest BCUT2D eigenvalue weighted by Crippen LogP contribution is -2.11. The highest BCUT2D eigenvalue weighted by Gasteiger charge is 2.37. The molecule has 0 heterocycles. The summed E-state index contributed by atoms with van der Waals surface area (Å²) >= 11 is -0.838. The Morgan fingerprint density at radius 1 is 1.50 bits per heavy atom. The Labute approximate surface area is 114 Å². The number of hydrogen-bond acceptors (Lipinski definition) is 6. The Morgan fingerprint density at radius 2 is 2.10 bits per heavy atom. The predicted molar refractivity (Wildman–Crippen MR) is 61.1 cm³/mol. The van der Waals surface area contributed by atoms with Crippen molar-refractivity contribution in [1.82, 2.24) is 0 Å². The molecule has 1 aromatic carbocycles. The van der Waals surface area contributed by atoms with Crippen LogP contribution in [-0.2, 0) is 4.74 Å². The highest BCUT2D eigenvalue weighted by molar-refractivity contribution is 8.00. The van der Waals surface area contributed by atoms with Crippen molar-refractivity contribution in [3.8, 4) is 6.07 Å². The molecule has 10 heteroatoms. The van der Waals surface area contributed by atoms with Gasteiger partial charge >= 0.3 is 11.5 Å². The summed E-state index contributed by atoms with van der Waals surface area (Å²) in [6, 6.07) is 3.13. The Morgan fingerprint density at radius 3 is 2.50 bits per heavy atom. The monoisotopic (exact) mass is 306 g/mol. The fourth-order valence-electron chi connectivity index (χ4n) is 1.33. The van der Waals surface area contributed by atoms with Gasteiger partial charge in [0.1, 0.15) is 11.0 Å². The van der Waals surface area contributed by atoms with Gasteiger partial charge in [-0.1, -0.05) is 0 Å². The summed E-state index contributed by atoms with van der Waals surface area (Å²) in [4.78, 5) is 20.2. The molecule has 0 N–H and O–H groups in total. The minimum Gasteiger partial charge on any atom is -0.465 e. The number of hydrogen-bond donors (Lipinski definition) is 0. The normalized spacial score (nSPS) is 10.8. The van der Waals surface area contributed by atoms with E-state index in [0.717, 1.165) is 19.2 Å². The van der Waals surface area contributed by atoms with Crippen molar-refractivity contribution in [1.29, 1.82) is 5.26 Å². The lowest BCUT2D eigenvalue weighted by molar-refractivity contribution is -0.387. The molecule has 0 amide bonds. The van der Waals surface area contributed by atoms with Crippen LogP contribution in [0.2, 0.25) is 0 Å². The molecule has 0 radical (unpaired) electrons. The van der Waals surface area contributed by atoms with Gasteiger partial charge in [-0.25, -0.2) is 4.79 Å². The molecule has 0 unspecified atom stereocenters. The third kappa shape index (κ3) is 3.39. The van der Waals surface area contributed by atoms with Gasteiger partial charge in [0.05, 0.1) is 23.2 Å². The quantitative estimate of drug-likeness (QED) is 0.369. The lowest BCUT2D eigenvalue weighted by Gasteiger charge is -2.11. The van der Waals surface area contributed by atoms with Gasteiger partial charge in [-0.2, -0.15) is 18.4 Å². The molecule has 0 saturated heterocycles. The van der Waals surface area contributed by atoms with Gasteiger partial charge in [-0.3, -0.25) is 10.1 Å². The number of nitro groups is 1. The van der Waals surface area contributed by atoms with Crippen LogP contribution in [-0.4, -0.2) is 23.5 Å². The van der Waals surface area contributed by atoms with E-state index in [4.69, 9.17) is 5.26 Å². The minimum atomic E-state index is -4.86. The van der Waals surface area contributed by atoms with Crippen LogP contribution in [0.15, 0.2) is 17.0 Å². The van der Waals surface area contributed by atoms with Crippen LogP contribution >= 0.6 is 11.8 Å². The van der Waals surface area contributed by atoms with Crippen LogP contribution in [0.4, 0.5) is 18.9 Å². The molecule has 106 valence electrons. The van der Waals surface area contributed by atoms with Crippen molar-refractivity contribution in [2.45, 2.75) is 10.4 Å². The maximum atomic E-state index is 12.5. The predicted octanol–water partition coefficient (Wildman–Crippen LogP) is 2.86. The van der Waals surface area contributed by atoms with Crippen molar-refractivity contribution in [2.75, 3.05) is 7.11 Å². The molecule has 6 nitrogen and oxygen atoms in total. The summed E-state index contributed by atoms with van der Waals surface area (Å²) in [6.07, 6.45) is 0. The third-order valence-corrected chi connectivity index (χ3v) is 2.91. The average molecular weight is 306 g/mol. The van der Waals surface area contributed by atoms with Gasteiger partial charge in [0, 0.05) is 6.07 Å². The van der Waals surface area contributed by atoms with Crippen LogP contribution in [0, 0.1) is 21.4 Å². The molecular weight excluding hydrogens is 301 g/mol. The standard InChI is InChI=1S/C10H5F3N2O4S/c1-19-9(16)7-5(4-14)2-3-6(15(17)18)8(7)20-10(11,12)13/h2-3H,1H3. The van der Waals surface area contributed by atoms with E-state index in [2.05, 4.69) is 4.74 Å². The van der Waals surface area contributed by atoms with Gasteiger partial charge in [-0.15, -0.1) is 0 Å². The number of methoxy groups -OCH3 is 1. The summed E-state index contributed by atoms with van der Waals surface area (Å²) in [6.45, 7) is 0. The van der Waals surface area contributed by atoms with Gasteiger partial charge in [0.15, 0.2) is 0 Å². The first kappa shape index (κ1) is 15.8. The molecule has 0 aliphatic carbocycles. The molecule has 0 aromatic heterocycles. The van der Waals surface area contributed by atoms with Crippen molar-refractivity contribution in [3.05, 3.63) is 33.4 Å². The maximum absolute atomic E-state index is 12.5. The third-order valence-electron chi connectivity index (χ3n) is 2.06. The smallest absolute Gasteiger partial charge is 0.446 e. The van der Waals surface area contributed by atoms with Crippen LogP contribution in [0.5, 0.6) is 0 Å². The number of alkyl halides is 3. The number of ether oxygens (including phenoxy) is 1. The van der Waals surface area contributed by atoms with Gasteiger partial charge in [0.2, 0.25) is 0 Å². The molecule has 0 aliphatic heterocycles. The summed E-state index contributed by atoms with van der Waals surface area (Å²) < 4.78 is 41.7. The van der Waals surface area contributed by atoms with Crippen molar-refractivity contribution >= 4 is 23.4 Å². The largest absolute Gasteiger partial charge is 0.465 e. The average Bonchev–Trinajstić information content (AvgIpc) is 2.34. The number of esters is 1. The van der Waals surface area contributed by atoms with Crippen molar-refractivity contribution < 1.29 is 27.6 Å². The highest BCUT2D eigenvalue weighted by Crippen LogP contribution is 2.44. The van der Waals surface area contributed by atoms with E-state index in [1.807, 2.05) is 0 Å². The van der Waals surface area contributed by atoms with Crippen molar-refractivity contribution in [2.24, 2.45) is 0 Å². The highest BCUT2D eigenvalue weighted by atomic mass is 32.2. The number of thioether (sulfide) groups is 1. The Hall–Kier alpha value is -2.28. The van der Waals surface area contributed by atoms with Gasteiger partial charge in [0.25, 0.3) is 5.69 Å². The summed E-state index contributed by atoms with van der Waals surface area (Å²) in [7, 11) is 0.893. The lowest BCUT2D eigenvalue weighted by atomic mass is 10.1. The van der Waals surface area contributed by atoms with Crippen LogP contribution < -0.4 is 0 Å². The Kier molecular flexibility index (Phi) is 4.57. The van der Waals surface area contributed by atoms with E-state index in [0.29, 0.717) is 0 Å². The van der Waals surface area contributed by atoms with E-state index in [-0.39, 0.29) is 0 Å². The first-order valence-corrected chi connectivity index (χ1v) is 5.58. The van der Waals surface area contributed by atoms with E-state index in [9.17, 15) is 28.1 Å². The zero-order valence-electron chi connectivity index (χ0n) is 9.72. The van der Waals surface area contributed by atoms with E-state index >= 15 is 0 Å². The maximum Gasteiger partial charge on any atom is 0.446 e. The second-order valence-corrected chi connectivity index (χ2v) is 4.32. The van der Waals surface area contributed by atoms with E-state index < -0.39 is 49.9 Å². The first-order valence-electron chi connectivity index (χ1n) is 4.76. The van der Waals surface area contributed by atoms with Gasteiger partial charge < -0.3 is 4.74 Å². The van der Waals surface area contributed by atoms with Crippen molar-refractivity contribution in [3.63, 3.8) is 0 Å². The Bertz CT molecular complexity index is 610. The molecule has 0 bridgehead atoms. The molecule has 0 aliphatic rings. The van der Waals surface area contributed by atoms with E-state index in [1.165, 1.54) is 6.07 Å². The zero-order chi connectivity index (χ0) is 15.5. The molecule has 0 saturated carbocycles. The Balaban J connectivity index is 3.66. The topological polar surface area (TPSA) is 93.2 Å². The zero-order valence-corrected chi connectivity index (χ0v) is 10.5. The fraction of sp³-hybridized carbons (Fsp3) is 0.200. The number of benzene rings is 1. The summed E-state index contributed by atoms with van der Waals surface area (Å²) in [5.74, 6) is -1.25. The number of rotatable bonds is 3. The molecule has 0 fully saturated rings. The number of halogens is 3. The number of carbonyl (C=O) groups is 1. The van der Waals surface area contributed by atoms with Crippen LogP contribution in [0.1, 0.15) is 15.9 Å². The number of nitrogens with zero attached hydrogens (tertiary/aromatic N) is 2. The summed E-state index contributed by atoms with van der Waals surface area (Å²) in [5.41, 5.74) is -6.99.